The molecule has 0 bridgehead atoms. The zero-order valence-electron chi connectivity index (χ0n) is 9.95. The fourth-order valence-electron chi connectivity index (χ4n) is 1.13. The van der Waals surface area contributed by atoms with Crippen molar-refractivity contribution >= 4 is 11.8 Å². The van der Waals surface area contributed by atoms with Gasteiger partial charge < -0.3 is 5.11 Å². The van der Waals surface area contributed by atoms with Gasteiger partial charge in [-0.3, -0.25) is 0 Å². The van der Waals surface area contributed by atoms with E-state index in [0.717, 1.165) is 5.75 Å². The minimum absolute atomic E-state index is 0.0309. The molecule has 0 aliphatic rings. The third-order valence-corrected chi connectivity index (χ3v) is 3.47. The molecule has 1 unspecified atom stereocenters. The largest absolute Gasteiger partial charge is 0.392 e. The zero-order chi connectivity index (χ0) is 11.5. The Morgan fingerprint density at radius 2 is 2.00 bits per heavy atom. The summed E-state index contributed by atoms with van der Waals surface area (Å²) < 4.78 is 0. The highest BCUT2D eigenvalue weighted by molar-refractivity contribution is 7.99. The highest BCUT2D eigenvalue weighted by atomic mass is 32.2. The maximum atomic E-state index is 9.90. The standard InChI is InChI=1S/C13H20OS/c1-10-6-5-7-11(8-10)15-9-12(14)13(2,3)4/h5-8,12,14H,9H2,1-4H3. The van der Waals surface area contributed by atoms with Crippen LogP contribution in [0.15, 0.2) is 29.2 Å². The Balaban J connectivity index is 2.51. The van der Waals surface area contributed by atoms with Crippen LogP contribution in [0.4, 0.5) is 0 Å². The lowest BCUT2D eigenvalue weighted by Gasteiger charge is -2.25. The van der Waals surface area contributed by atoms with E-state index in [2.05, 4.69) is 52.0 Å². The van der Waals surface area contributed by atoms with Gasteiger partial charge in [-0.05, 0) is 24.5 Å². The van der Waals surface area contributed by atoms with Crippen molar-refractivity contribution in [2.24, 2.45) is 5.41 Å². The second-order valence-electron chi connectivity index (χ2n) is 5.01. The van der Waals surface area contributed by atoms with Crippen molar-refractivity contribution < 1.29 is 5.11 Å². The summed E-state index contributed by atoms with van der Waals surface area (Å²) >= 11 is 1.72. The molecule has 0 fully saturated rings. The van der Waals surface area contributed by atoms with E-state index in [1.54, 1.807) is 11.8 Å². The maximum absolute atomic E-state index is 9.90. The van der Waals surface area contributed by atoms with Crippen molar-refractivity contribution in [1.82, 2.24) is 0 Å². The molecule has 1 atom stereocenters. The smallest absolute Gasteiger partial charge is 0.0682 e. The first-order valence-corrected chi connectivity index (χ1v) is 6.25. The van der Waals surface area contributed by atoms with Crippen LogP contribution in [-0.4, -0.2) is 17.0 Å². The second-order valence-corrected chi connectivity index (χ2v) is 6.10. The van der Waals surface area contributed by atoms with Gasteiger partial charge in [0.15, 0.2) is 0 Å². The molecular weight excluding hydrogens is 204 g/mol. The first kappa shape index (κ1) is 12.6. The number of aliphatic hydroxyl groups excluding tert-OH is 1. The van der Waals surface area contributed by atoms with Crippen molar-refractivity contribution in [3.63, 3.8) is 0 Å². The molecule has 0 saturated carbocycles. The predicted octanol–water partition coefficient (Wildman–Crippen LogP) is 3.49. The average molecular weight is 224 g/mol. The van der Waals surface area contributed by atoms with Gasteiger partial charge in [0.05, 0.1) is 6.10 Å². The molecule has 0 heterocycles. The Labute approximate surface area is 96.9 Å². The third kappa shape index (κ3) is 4.27. The fourth-order valence-corrected chi connectivity index (χ4v) is 2.42. The number of benzene rings is 1. The molecule has 1 aromatic rings. The van der Waals surface area contributed by atoms with Crippen LogP contribution in [0.1, 0.15) is 26.3 Å². The van der Waals surface area contributed by atoms with Crippen molar-refractivity contribution in [2.45, 2.75) is 38.7 Å². The number of aliphatic hydroxyl groups is 1. The average Bonchev–Trinajstić information content (AvgIpc) is 2.12. The van der Waals surface area contributed by atoms with Gasteiger partial charge in [0.1, 0.15) is 0 Å². The van der Waals surface area contributed by atoms with E-state index in [9.17, 15) is 5.11 Å². The lowest BCUT2D eigenvalue weighted by atomic mass is 9.90. The summed E-state index contributed by atoms with van der Waals surface area (Å²) in [6, 6.07) is 8.39. The topological polar surface area (TPSA) is 20.2 Å². The Bertz CT molecular complexity index is 315. The van der Waals surface area contributed by atoms with E-state index >= 15 is 0 Å². The molecule has 0 amide bonds. The molecule has 15 heavy (non-hydrogen) atoms. The van der Waals surface area contributed by atoms with Crippen molar-refractivity contribution in [3.05, 3.63) is 29.8 Å². The lowest BCUT2D eigenvalue weighted by Crippen LogP contribution is -2.28. The second kappa shape index (κ2) is 5.04. The zero-order valence-corrected chi connectivity index (χ0v) is 10.8. The quantitative estimate of drug-likeness (QED) is 0.793. The number of thioether (sulfide) groups is 1. The van der Waals surface area contributed by atoms with Crippen molar-refractivity contribution in [2.75, 3.05) is 5.75 Å². The summed E-state index contributed by atoms with van der Waals surface area (Å²) in [6.07, 6.45) is -0.261. The molecule has 0 radical (unpaired) electrons. The van der Waals surface area contributed by atoms with Gasteiger partial charge in [0.2, 0.25) is 0 Å². The van der Waals surface area contributed by atoms with Gasteiger partial charge in [-0.15, -0.1) is 11.8 Å². The van der Waals surface area contributed by atoms with Gasteiger partial charge in [-0.25, -0.2) is 0 Å². The van der Waals surface area contributed by atoms with Crippen molar-refractivity contribution in [3.8, 4) is 0 Å². The van der Waals surface area contributed by atoms with Crippen LogP contribution in [-0.2, 0) is 0 Å². The van der Waals surface area contributed by atoms with Crippen LogP contribution in [0.3, 0.4) is 0 Å². The van der Waals surface area contributed by atoms with Crippen LogP contribution >= 0.6 is 11.8 Å². The Hall–Kier alpha value is -0.470. The SMILES string of the molecule is Cc1cccc(SCC(O)C(C)(C)C)c1. The molecule has 1 N–H and O–H groups in total. The van der Waals surface area contributed by atoms with Gasteiger partial charge in [-0.2, -0.15) is 0 Å². The number of hydrogen-bond donors (Lipinski definition) is 1. The summed E-state index contributed by atoms with van der Waals surface area (Å²) in [5.41, 5.74) is 1.24. The van der Waals surface area contributed by atoms with E-state index in [1.165, 1.54) is 10.5 Å². The van der Waals surface area contributed by atoms with Gasteiger partial charge in [-0.1, -0.05) is 38.5 Å². The molecule has 0 saturated heterocycles. The van der Waals surface area contributed by atoms with Crippen LogP contribution in [0.5, 0.6) is 0 Å². The number of rotatable bonds is 3. The number of aryl methyl sites for hydroxylation is 1. The molecule has 0 aliphatic carbocycles. The van der Waals surface area contributed by atoms with E-state index in [1.807, 2.05) is 0 Å². The monoisotopic (exact) mass is 224 g/mol. The minimum atomic E-state index is -0.261. The van der Waals surface area contributed by atoms with Crippen LogP contribution < -0.4 is 0 Å². The molecule has 2 heteroatoms. The van der Waals surface area contributed by atoms with E-state index in [-0.39, 0.29) is 11.5 Å². The highest BCUT2D eigenvalue weighted by Crippen LogP contribution is 2.26. The summed E-state index contributed by atoms with van der Waals surface area (Å²) in [4.78, 5) is 1.23. The Morgan fingerprint density at radius 1 is 1.33 bits per heavy atom. The third-order valence-electron chi connectivity index (χ3n) is 2.40. The summed E-state index contributed by atoms with van der Waals surface area (Å²) in [6.45, 7) is 8.28. The van der Waals surface area contributed by atoms with Gasteiger partial charge in [0, 0.05) is 10.6 Å². The molecule has 0 spiro atoms. The minimum Gasteiger partial charge on any atom is -0.392 e. The summed E-state index contributed by atoms with van der Waals surface area (Å²) in [7, 11) is 0. The lowest BCUT2D eigenvalue weighted by molar-refractivity contribution is 0.0843. The van der Waals surface area contributed by atoms with Gasteiger partial charge in [0.25, 0.3) is 0 Å². The maximum Gasteiger partial charge on any atom is 0.0682 e. The molecule has 1 nitrogen and oxygen atoms in total. The molecule has 0 aliphatic heterocycles. The van der Waals surface area contributed by atoms with Gasteiger partial charge >= 0.3 is 0 Å². The fraction of sp³-hybridized carbons (Fsp3) is 0.538. The van der Waals surface area contributed by atoms with Crippen molar-refractivity contribution in [1.29, 1.82) is 0 Å². The normalized spacial score (nSPS) is 13.9. The van der Waals surface area contributed by atoms with E-state index in [0.29, 0.717) is 0 Å². The Kier molecular flexibility index (Phi) is 4.23. The van der Waals surface area contributed by atoms with E-state index in [4.69, 9.17) is 0 Å². The van der Waals surface area contributed by atoms with E-state index < -0.39 is 0 Å². The molecule has 1 rings (SSSR count). The predicted molar refractivity (Wildman–Crippen MR) is 67.4 cm³/mol. The molecule has 1 aromatic carbocycles. The first-order valence-electron chi connectivity index (χ1n) is 5.27. The molecule has 0 aromatic heterocycles. The van der Waals surface area contributed by atoms with Crippen LogP contribution in [0.25, 0.3) is 0 Å². The first-order chi connectivity index (χ1) is 6.89. The Morgan fingerprint density at radius 3 is 2.53 bits per heavy atom. The summed E-state index contributed by atoms with van der Waals surface area (Å²) in [5.74, 6) is 0.757. The molecular formula is C13H20OS. The summed E-state index contributed by atoms with van der Waals surface area (Å²) in [5, 5.41) is 9.90. The van der Waals surface area contributed by atoms with Crippen LogP contribution in [0, 0.1) is 12.3 Å². The molecule has 84 valence electrons. The number of hydrogen-bond acceptors (Lipinski definition) is 2. The highest BCUT2D eigenvalue weighted by Gasteiger charge is 2.21. The van der Waals surface area contributed by atoms with Crippen LogP contribution in [0.2, 0.25) is 0 Å².